The van der Waals surface area contributed by atoms with Gasteiger partial charge >= 0.3 is 0 Å². The second kappa shape index (κ2) is 8.94. The van der Waals surface area contributed by atoms with Crippen LogP contribution in [0.25, 0.3) is 0 Å². The van der Waals surface area contributed by atoms with E-state index in [4.69, 9.17) is 17.0 Å². The van der Waals surface area contributed by atoms with Crippen LogP contribution in [-0.4, -0.2) is 20.8 Å². The van der Waals surface area contributed by atoms with Crippen molar-refractivity contribution in [2.24, 2.45) is 0 Å². The maximum Gasteiger partial charge on any atom is 0.174 e. The Balaban J connectivity index is 1.56. The highest BCUT2D eigenvalue weighted by atomic mass is 32.1. The van der Waals surface area contributed by atoms with E-state index in [0.29, 0.717) is 6.04 Å². The summed E-state index contributed by atoms with van der Waals surface area (Å²) in [6, 6.07) is 19.3. The van der Waals surface area contributed by atoms with Gasteiger partial charge in [-0.15, -0.1) is 0 Å². The fourth-order valence-corrected chi connectivity index (χ4v) is 5.41. The van der Waals surface area contributed by atoms with Crippen molar-refractivity contribution >= 4 is 23.0 Å². The molecule has 2 fully saturated rings. The minimum Gasteiger partial charge on any atom is -0.491 e. The lowest BCUT2D eigenvalue weighted by Gasteiger charge is -2.30. The van der Waals surface area contributed by atoms with Gasteiger partial charge in [0.25, 0.3) is 0 Å². The van der Waals surface area contributed by atoms with Crippen molar-refractivity contribution in [1.29, 1.82) is 0 Å². The highest BCUT2D eigenvalue weighted by Gasteiger charge is 2.42. The van der Waals surface area contributed by atoms with Gasteiger partial charge in [-0.3, -0.25) is 4.98 Å². The number of thiocarbonyl (C=S) groups is 1. The van der Waals surface area contributed by atoms with Crippen LogP contribution in [0.1, 0.15) is 69.0 Å². The van der Waals surface area contributed by atoms with Crippen LogP contribution in [0.15, 0.2) is 67.0 Å². The third-order valence-electron chi connectivity index (χ3n) is 6.42. The van der Waals surface area contributed by atoms with E-state index in [1.54, 1.807) is 0 Å². The van der Waals surface area contributed by atoms with Gasteiger partial charge in [0.2, 0.25) is 0 Å². The van der Waals surface area contributed by atoms with E-state index < -0.39 is 0 Å². The topological polar surface area (TPSA) is 42.3 Å². The number of hydrogen-bond acceptors (Lipinski definition) is 3. The Bertz CT molecular complexity index is 1060. The molecule has 1 aromatic carbocycles. The fraction of sp³-hybridized carbons (Fsp3) is 0.385. The highest BCUT2D eigenvalue weighted by Crippen LogP contribution is 2.44. The van der Waals surface area contributed by atoms with Crippen LogP contribution >= 0.6 is 12.2 Å². The maximum atomic E-state index is 5.88. The lowest BCUT2D eigenvalue weighted by molar-refractivity contribution is 0.242. The van der Waals surface area contributed by atoms with Crippen molar-refractivity contribution < 1.29 is 4.74 Å². The van der Waals surface area contributed by atoms with E-state index in [9.17, 15) is 0 Å². The van der Waals surface area contributed by atoms with Crippen LogP contribution in [0.2, 0.25) is 0 Å². The Hall–Kier alpha value is -2.86. The monoisotopic (exact) mass is 446 g/mol. The predicted molar refractivity (Wildman–Crippen MR) is 132 cm³/mol. The third-order valence-corrected chi connectivity index (χ3v) is 6.73. The van der Waals surface area contributed by atoms with Crippen molar-refractivity contribution in [2.75, 3.05) is 4.90 Å². The van der Waals surface area contributed by atoms with E-state index in [1.165, 1.54) is 31.4 Å². The number of rotatable bonds is 6. The predicted octanol–water partition coefficient (Wildman–Crippen LogP) is 5.96. The number of anilines is 1. The fourth-order valence-electron chi connectivity index (χ4n) is 5.06. The van der Waals surface area contributed by atoms with Gasteiger partial charge in [0, 0.05) is 29.8 Å². The van der Waals surface area contributed by atoms with Gasteiger partial charge in [0.15, 0.2) is 5.11 Å². The Morgan fingerprint density at radius 2 is 1.81 bits per heavy atom. The minimum atomic E-state index is -0.0228. The molecular weight excluding hydrogens is 416 g/mol. The average Bonchev–Trinajstić information content (AvgIpc) is 3.54. The summed E-state index contributed by atoms with van der Waals surface area (Å²) in [6.07, 6.45) is 9.31. The molecule has 2 aromatic heterocycles. The zero-order valence-electron chi connectivity index (χ0n) is 18.6. The number of nitrogens with zero attached hydrogens (tertiary/aromatic N) is 3. The summed E-state index contributed by atoms with van der Waals surface area (Å²) < 4.78 is 8.33. The van der Waals surface area contributed by atoms with Crippen LogP contribution in [0, 0.1) is 0 Å². The lowest BCUT2D eigenvalue weighted by Crippen LogP contribution is -2.30. The molecule has 0 bridgehead atoms. The Labute approximate surface area is 195 Å². The summed E-state index contributed by atoms with van der Waals surface area (Å²) in [6.45, 7) is 4.08. The van der Waals surface area contributed by atoms with Crippen LogP contribution in [0.3, 0.4) is 0 Å². The molecule has 0 radical (unpaired) electrons. The molecule has 2 atom stereocenters. The quantitative estimate of drug-likeness (QED) is 0.473. The summed E-state index contributed by atoms with van der Waals surface area (Å²) in [5.41, 5.74) is 3.34. The molecule has 1 saturated heterocycles. The Morgan fingerprint density at radius 3 is 2.50 bits per heavy atom. The van der Waals surface area contributed by atoms with Crippen molar-refractivity contribution in [3.63, 3.8) is 0 Å². The van der Waals surface area contributed by atoms with Crippen LogP contribution in [0.5, 0.6) is 5.75 Å². The van der Waals surface area contributed by atoms with Gasteiger partial charge in [-0.1, -0.05) is 18.9 Å². The lowest BCUT2D eigenvalue weighted by atomic mass is 10.00. The summed E-state index contributed by atoms with van der Waals surface area (Å²) in [5.74, 6) is 0.869. The van der Waals surface area contributed by atoms with E-state index in [1.807, 2.05) is 44.3 Å². The molecule has 0 unspecified atom stereocenters. The molecule has 1 saturated carbocycles. The number of benzene rings is 1. The van der Waals surface area contributed by atoms with Gasteiger partial charge in [-0.2, -0.15) is 0 Å². The molecule has 3 heterocycles. The van der Waals surface area contributed by atoms with Gasteiger partial charge < -0.3 is 19.5 Å². The van der Waals surface area contributed by atoms with Crippen LogP contribution < -0.4 is 15.0 Å². The molecule has 1 aliphatic heterocycles. The number of nitrogens with one attached hydrogen (secondary N) is 1. The van der Waals surface area contributed by atoms with Crippen LogP contribution in [0.4, 0.5) is 5.69 Å². The summed E-state index contributed by atoms with van der Waals surface area (Å²) in [7, 11) is 0. The summed E-state index contributed by atoms with van der Waals surface area (Å²) >= 11 is 5.88. The molecule has 0 amide bonds. The zero-order chi connectivity index (χ0) is 22.1. The van der Waals surface area contributed by atoms with Crippen LogP contribution in [-0.2, 0) is 0 Å². The highest BCUT2D eigenvalue weighted by molar-refractivity contribution is 7.80. The molecule has 3 aromatic rings. The van der Waals surface area contributed by atoms with Gasteiger partial charge in [-0.05, 0) is 87.4 Å². The molecule has 32 heavy (non-hydrogen) atoms. The molecule has 2 aliphatic rings. The van der Waals surface area contributed by atoms with E-state index in [-0.39, 0.29) is 18.2 Å². The van der Waals surface area contributed by atoms with Gasteiger partial charge in [0.1, 0.15) is 11.8 Å². The maximum absolute atomic E-state index is 5.88. The molecule has 6 heteroatoms. The average molecular weight is 447 g/mol. The van der Waals surface area contributed by atoms with E-state index in [0.717, 1.165) is 22.2 Å². The second-order valence-electron chi connectivity index (χ2n) is 8.94. The molecule has 5 rings (SSSR count). The SMILES string of the molecule is CC(C)Oc1ccc(N2C(=S)N[C@H](c3ccccn3)[C@H]2c2cccn2C2CCCC2)cc1. The second-order valence-corrected chi connectivity index (χ2v) is 9.32. The number of pyridine rings is 1. The summed E-state index contributed by atoms with van der Waals surface area (Å²) in [5, 5.41) is 4.30. The molecular formula is C26H30N4OS. The molecule has 1 aliphatic carbocycles. The number of ether oxygens (including phenoxy) is 1. The number of aromatic nitrogens is 2. The largest absolute Gasteiger partial charge is 0.491 e. The van der Waals surface area contributed by atoms with Crippen molar-refractivity contribution in [1.82, 2.24) is 14.9 Å². The van der Waals surface area contributed by atoms with Gasteiger partial charge in [0.05, 0.1) is 17.8 Å². The standard InChI is InChI=1S/C26H30N4OS/c1-18(2)31-21-14-12-20(13-15-21)30-25(23-11-7-17-29(23)19-8-3-4-9-19)24(28-26(30)32)22-10-5-6-16-27-22/h5-7,10-19,24-25H,3-4,8-9H2,1-2H3,(H,28,32)/t24-,25-/m1/s1. The zero-order valence-corrected chi connectivity index (χ0v) is 19.5. The minimum absolute atomic E-state index is 0.0184. The first kappa shape index (κ1) is 21.0. The first-order chi connectivity index (χ1) is 15.6. The van der Waals surface area contributed by atoms with Crippen molar-refractivity contribution in [2.45, 2.75) is 63.8 Å². The first-order valence-corrected chi connectivity index (χ1v) is 12.0. The van der Waals surface area contributed by atoms with Gasteiger partial charge in [-0.25, -0.2) is 0 Å². The first-order valence-electron chi connectivity index (χ1n) is 11.6. The summed E-state index contributed by atoms with van der Waals surface area (Å²) in [4.78, 5) is 6.92. The third kappa shape index (κ3) is 3.99. The Kier molecular flexibility index (Phi) is 5.87. The molecule has 0 spiro atoms. The number of hydrogen-bond donors (Lipinski definition) is 1. The molecule has 166 valence electrons. The van der Waals surface area contributed by atoms with Crippen molar-refractivity contribution in [3.8, 4) is 5.75 Å². The molecule has 5 nitrogen and oxygen atoms in total. The molecule has 1 N–H and O–H groups in total. The van der Waals surface area contributed by atoms with E-state index in [2.05, 4.69) is 56.3 Å². The Morgan fingerprint density at radius 1 is 1.03 bits per heavy atom. The smallest absolute Gasteiger partial charge is 0.174 e. The van der Waals surface area contributed by atoms with E-state index >= 15 is 0 Å². The normalized spacial score (nSPS) is 21.3. The van der Waals surface area contributed by atoms with Crippen molar-refractivity contribution in [3.05, 3.63) is 78.4 Å².